The Morgan fingerprint density at radius 1 is 1.28 bits per heavy atom. The topological polar surface area (TPSA) is 72.7 Å². The zero-order valence-corrected chi connectivity index (χ0v) is 14.3. The van der Waals surface area contributed by atoms with E-state index in [9.17, 15) is 8.78 Å². The van der Waals surface area contributed by atoms with E-state index in [0.29, 0.717) is 23.8 Å². The zero-order chi connectivity index (χ0) is 18.2. The van der Waals surface area contributed by atoms with Crippen molar-refractivity contribution < 1.29 is 18.3 Å². The molecule has 2 N–H and O–H groups in total. The molecular weight excluding hydrogens is 332 g/mol. The summed E-state index contributed by atoms with van der Waals surface area (Å²) in [7, 11) is 4.94. The summed E-state index contributed by atoms with van der Waals surface area (Å²) in [6.07, 6.45) is 1.71. The number of hydrogen-bond acceptors (Lipinski definition) is 4. The van der Waals surface area contributed by atoms with Gasteiger partial charge in [0.2, 0.25) is 0 Å². The maximum absolute atomic E-state index is 12.6. The van der Waals surface area contributed by atoms with Crippen LogP contribution in [0.2, 0.25) is 0 Å². The SMILES string of the molecule is CN=C(NCc1ccc(OC)cc1OC(F)F)NCc1ccnn1C. The molecule has 136 valence electrons. The molecule has 1 heterocycles. The summed E-state index contributed by atoms with van der Waals surface area (Å²) < 4.78 is 36.5. The lowest BCUT2D eigenvalue weighted by Crippen LogP contribution is -2.36. The van der Waals surface area contributed by atoms with Gasteiger partial charge in [-0.1, -0.05) is 0 Å². The molecule has 0 saturated heterocycles. The van der Waals surface area contributed by atoms with E-state index in [0.717, 1.165) is 5.69 Å². The van der Waals surface area contributed by atoms with E-state index in [-0.39, 0.29) is 12.3 Å². The quantitative estimate of drug-likeness (QED) is 0.588. The highest BCUT2D eigenvalue weighted by Gasteiger charge is 2.12. The van der Waals surface area contributed by atoms with Crippen molar-refractivity contribution in [3.8, 4) is 11.5 Å². The number of alkyl halides is 2. The van der Waals surface area contributed by atoms with Crippen LogP contribution >= 0.6 is 0 Å². The number of aryl methyl sites for hydroxylation is 1. The first kappa shape index (κ1) is 18.5. The van der Waals surface area contributed by atoms with Crippen molar-refractivity contribution in [2.45, 2.75) is 19.7 Å². The fraction of sp³-hybridized carbons (Fsp3) is 0.375. The Balaban J connectivity index is 1.99. The number of nitrogens with one attached hydrogen (secondary N) is 2. The van der Waals surface area contributed by atoms with Gasteiger partial charge in [-0.2, -0.15) is 13.9 Å². The molecule has 0 radical (unpaired) electrons. The van der Waals surface area contributed by atoms with Crippen LogP contribution < -0.4 is 20.1 Å². The van der Waals surface area contributed by atoms with Gasteiger partial charge in [-0.05, 0) is 18.2 Å². The summed E-state index contributed by atoms with van der Waals surface area (Å²) in [5, 5.41) is 10.3. The Morgan fingerprint density at radius 2 is 2.04 bits per heavy atom. The van der Waals surface area contributed by atoms with Gasteiger partial charge in [-0.3, -0.25) is 9.67 Å². The van der Waals surface area contributed by atoms with E-state index in [1.807, 2.05) is 13.1 Å². The summed E-state index contributed by atoms with van der Waals surface area (Å²) in [6, 6.07) is 6.66. The lowest BCUT2D eigenvalue weighted by molar-refractivity contribution is -0.0505. The number of aromatic nitrogens is 2. The Hall–Kier alpha value is -2.84. The molecular formula is C16H21F2N5O2. The summed E-state index contributed by atoms with van der Waals surface area (Å²) in [5.74, 6) is 1.03. The molecule has 0 unspecified atom stereocenters. The van der Waals surface area contributed by atoms with E-state index in [2.05, 4.69) is 25.5 Å². The van der Waals surface area contributed by atoms with E-state index >= 15 is 0 Å². The number of guanidine groups is 1. The van der Waals surface area contributed by atoms with Crippen LogP contribution in [-0.4, -0.2) is 36.5 Å². The number of hydrogen-bond donors (Lipinski definition) is 2. The molecule has 25 heavy (non-hydrogen) atoms. The van der Waals surface area contributed by atoms with Crippen LogP contribution in [-0.2, 0) is 20.1 Å². The number of methoxy groups -OCH3 is 1. The number of halogens is 2. The first-order valence-electron chi connectivity index (χ1n) is 7.56. The number of ether oxygens (including phenoxy) is 2. The highest BCUT2D eigenvalue weighted by molar-refractivity contribution is 5.79. The van der Waals surface area contributed by atoms with Crippen LogP contribution in [0.5, 0.6) is 11.5 Å². The minimum Gasteiger partial charge on any atom is -0.497 e. The minimum atomic E-state index is -2.91. The Kier molecular flexibility index (Phi) is 6.55. The summed E-state index contributed by atoms with van der Waals surface area (Å²) in [4.78, 5) is 4.11. The lowest BCUT2D eigenvalue weighted by Gasteiger charge is -2.15. The fourth-order valence-electron chi connectivity index (χ4n) is 2.16. The van der Waals surface area contributed by atoms with Crippen LogP contribution in [0.4, 0.5) is 8.78 Å². The van der Waals surface area contributed by atoms with Gasteiger partial charge in [0.1, 0.15) is 11.5 Å². The van der Waals surface area contributed by atoms with Crippen molar-refractivity contribution in [1.29, 1.82) is 0 Å². The molecule has 0 fully saturated rings. The summed E-state index contributed by atoms with van der Waals surface area (Å²) in [5.41, 5.74) is 1.54. The van der Waals surface area contributed by atoms with Gasteiger partial charge in [-0.15, -0.1) is 0 Å². The third-order valence-corrected chi connectivity index (χ3v) is 3.52. The second-order valence-electron chi connectivity index (χ2n) is 5.08. The van der Waals surface area contributed by atoms with Crippen LogP contribution in [0.25, 0.3) is 0 Å². The predicted molar refractivity (Wildman–Crippen MR) is 89.9 cm³/mol. The van der Waals surface area contributed by atoms with Gasteiger partial charge in [0.15, 0.2) is 5.96 Å². The van der Waals surface area contributed by atoms with E-state index in [1.54, 1.807) is 30.1 Å². The van der Waals surface area contributed by atoms with Gasteiger partial charge in [0, 0.05) is 38.5 Å². The molecule has 2 rings (SSSR count). The lowest BCUT2D eigenvalue weighted by atomic mass is 10.2. The molecule has 0 spiro atoms. The first-order chi connectivity index (χ1) is 12.0. The van der Waals surface area contributed by atoms with Crippen LogP contribution in [0.15, 0.2) is 35.5 Å². The summed E-state index contributed by atoms with van der Waals surface area (Å²) in [6.45, 7) is -2.12. The van der Waals surface area contributed by atoms with Gasteiger partial charge in [0.05, 0.1) is 19.3 Å². The third kappa shape index (κ3) is 5.33. The molecule has 1 aromatic carbocycles. The molecule has 0 aliphatic heterocycles. The summed E-state index contributed by atoms with van der Waals surface area (Å²) >= 11 is 0. The van der Waals surface area contributed by atoms with Crippen LogP contribution in [0.3, 0.4) is 0 Å². The molecule has 0 saturated carbocycles. The third-order valence-electron chi connectivity index (χ3n) is 3.52. The molecule has 0 amide bonds. The molecule has 7 nitrogen and oxygen atoms in total. The number of benzene rings is 1. The maximum Gasteiger partial charge on any atom is 0.387 e. The van der Waals surface area contributed by atoms with Crippen molar-refractivity contribution in [2.75, 3.05) is 14.2 Å². The standard InChI is InChI=1S/C16H21F2N5O2/c1-19-16(21-10-12-6-7-22-23(12)2)20-9-11-4-5-13(24-3)8-14(11)25-15(17)18/h4-8,15H,9-10H2,1-3H3,(H2,19,20,21). The molecule has 9 heteroatoms. The maximum atomic E-state index is 12.6. The van der Waals surface area contributed by atoms with Gasteiger partial charge < -0.3 is 20.1 Å². The largest absolute Gasteiger partial charge is 0.497 e. The second-order valence-corrected chi connectivity index (χ2v) is 5.08. The van der Waals surface area contributed by atoms with Crippen molar-refractivity contribution >= 4 is 5.96 Å². The van der Waals surface area contributed by atoms with E-state index < -0.39 is 6.61 Å². The molecule has 0 atom stereocenters. The van der Waals surface area contributed by atoms with Crippen molar-refractivity contribution in [1.82, 2.24) is 20.4 Å². The van der Waals surface area contributed by atoms with Gasteiger partial charge in [-0.25, -0.2) is 0 Å². The smallest absolute Gasteiger partial charge is 0.387 e. The number of nitrogens with zero attached hydrogens (tertiary/aromatic N) is 3. The Bertz CT molecular complexity index is 718. The Morgan fingerprint density at radius 3 is 2.64 bits per heavy atom. The van der Waals surface area contributed by atoms with Gasteiger partial charge >= 0.3 is 6.61 Å². The highest BCUT2D eigenvalue weighted by Crippen LogP contribution is 2.26. The molecule has 0 bridgehead atoms. The number of aliphatic imine (C=N–C) groups is 1. The average Bonchev–Trinajstić information content (AvgIpc) is 3.00. The number of rotatable bonds is 7. The minimum absolute atomic E-state index is 0.0592. The van der Waals surface area contributed by atoms with Crippen LogP contribution in [0, 0.1) is 0 Å². The van der Waals surface area contributed by atoms with E-state index in [1.165, 1.54) is 13.2 Å². The normalized spacial score (nSPS) is 11.5. The zero-order valence-electron chi connectivity index (χ0n) is 14.3. The molecule has 0 aliphatic carbocycles. The van der Waals surface area contributed by atoms with Crippen LogP contribution in [0.1, 0.15) is 11.3 Å². The molecule has 1 aromatic heterocycles. The first-order valence-corrected chi connectivity index (χ1v) is 7.56. The average molecular weight is 353 g/mol. The highest BCUT2D eigenvalue weighted by atomic mass is 19.3. The predicted octanol–water partition coefficient (Wildman–Crippen LogP) is 1.90. The monoisotopic (exact) mass is 353 g/mol. The van der Waals surface area contributed by atoms with E-state index in [4.69, 9.17) is 4.74 Å². The molecule has 2 aromatic rings. The van der Waals surface area contributed by atoms with Crippen molar-refractivity contribution in [2.24, 2.45) is 12.0 Å². The van der Waals surface area contributed by atoms with Crippen molar-refractivity contribution in [3.63, 3.8) is 0 Å². The second kappa shape index (κ2) is 8.86. The molecule has 0 aliphatic rings. The fourth-order valence-corrected chi connectivity index (χ4v) is 2.16. The van der Waals surface area contributed by atoms with Crippen molar-refractivity contribution in [3.05, 3.63) is 41.7 Å². The Labute approximate surface area is 144 Å². The van der Waals surface area contributed by atoms with Gasteiger partial charge in [0.25, 0.3) is 0 Å².